The van der Waals surface area contributed by atoms with Crippen LogP contribution in [-0.4, -0.2) is 61.5 Å². The first kappa shape index (κ1) is 15.7. The van der Waals surface area contributed by atoms with Gasteiger partial charge in [0.15, 0.2) is 0 Å². The van der Waals surface area contributed by atoms with Gasteiger partial charge < -0.3 is 15.1 Å². The smallest absolute Gasteiger partial charge is 0.228 e. The minimum atomic E-state index is 0. The second kappa shape index (κ2) is 7.31. The molecule has 0 aromatic rings. The predicted octanol–water partition coefficient (Wildman–Crippen LogP) is 0.960. The van der Waals surface area contributed by atoms with Crippen molar-refractivity contribution in [2.24, 2.45) is 5.92 Å². The summed E-state index contributed by atoms with van der Waals surface area (Å²) in [5.74, 6) is 0.589. The fraction of sp³-hybridized carbons (Fsp3) is 0.923. The molecule has 2 aliphatic heterocycles. The zero-order valence-corrected chi connectivity index (χ0v) is 12.3. The molecule has 18 heavy (non-hydrogen) atoms. The maximum atomic E-state index is 12.1. The molecule has 0 radical (unpaired) electrons. The van der Waals surface area contributed by atoms with Crippen molar-refractivity contribution in [2.45, 2.75) is 32.2 Å². The minimum Gasteiger partial charge on any atom is -0.342 e. The quantitative estimate of drug-likeness (QED) is 0.830. The average Bonchev–Trinajstić information content (AvgIpc) is 2.27. The molecule has 1 amide bonds. The van der Waals surface area contributed by atoms with Crippen molar-refractivity contribution < 1.29 is 4.79 Å². The molecule has 2 saturated heterocycles. The summed E-state index contributed by atoms with van der Waals surface area (Å²) in [7, 11) is 1.99. The first-order valence-corrected chi connectivity index (χ1v) is 6.92. The molecule has 0 bridgehead atoms. The van der Waals surface area contributed by atoms with Crippen molar-refractivity contribution in [1.82, 2.24) is 15.1 Å². The topological polar surface area (TPSA) is 35.6 Å². The first-order valence-electron chi connectivity index (χ1n) is 6.92. The van der Waals surface area contributed by atoms with Gasteiger partial charge in [-0.25, -0.2) is 0 Å². The minimum absolute atomic E-state index is 0. The lowest BCUT2D eigenvalue weighted by Crippen LogP contribution is -2.54. The van der Waals surface area contributed by atoms with Crippen LogP contribution >= 0.6 is 12.4 Å². The molecule has 5 heteroatoms. The summed E-state index contributed by atoms with van der Waals surface area (Å²) in [4.78, 5) is 16.6. The Morgan fingerprint density at radius 3 is 2.39 bits per heavy atom. The third-order valence-corrected chi connectivity index (χ3v) is 4.12. The molecule has 0 saturated carbocycles. The van der Waals surface area contributed by atoms with E-state index < -0.39 is 0 Å². The molecule has 4 nitrogen and oxygen atoms in total. The SMILES string of the molecule is CCCN1CCC(N(C)C(=O)C2CNC2)CC1.Cl. The van der Waals surface area contributed by atoms with Crippen LogP contribution in [0.4, 0.5) is 0 Å². The van der Waals surface area contributed by atoms with E-state index in [9.17, 15) is 4.79 Å². The van der Waals surface area contributed by atoms with Crippen LogP contribution in [-0.2, 0) is 4.79 Å². The summed E-state index contributed by atoms with van der Waals surface area (Å²) >= 11 is 0. The normalized spacial score (nSPS) is 22.1. The van der Waals surface area contributed by atoms with E-state index in [-0.39, 0.29) is 18.3 Å². The van der Waals surface area contributed by atoms with Crippen molar-refractivity contribution in [1.29, 1.82) is 0 Å². The number of hydrogen-bond donors (Lipinski definition) is 1. The Morgan fingerprint density at radius 1 is 1.33 bits per heavy atom. The van der Waals surface area contributed by atoms with Gasteiger partial charge in [0, 0.05) is 39.3 Å². The van der Waals surface area contributed by atoms with Crippen LogP contribution in [0.25, 0.3) is 0 Å². The molecule has 0 unspecified atom stereocenters. The maximum Gasteiger partial charge on any atom is 0.228 e. The molecule has 0 atom stereocenters. The highest BCUT2D eigenvalue weighted by molar-refractivity contribution is 5.85. The number of nitrogens with zero attached hydrogens (tertiary/aromatic N) is 2. The summed E-state index contributed by atoms with van der Waals surface area (Å²) < 4.78 is 0. The van der Waals surface area contributed by atoms with Gasteiger partial charge in [-0.1, -0.05) is 6.92 Å². The Balaban J connectivity index is 0.00000162. The molecule has 0 aromatic heterocycles. The number of carbonyl (C=O) groups is 1. The van der Waals surface area contributed by atoms with Crippen LogP contribution in [0.5, 0.6) is 0 Å². The van der Waals surface area contributed by atoms with Crippen LogP contribution < -0.4 is 5.32 Å². The van der Waals surface area contributed by atoms with E-state index in [4.69, 9.17) is 0 Å². The van der Waals surface area contributed by atoms with Gasteiger partial charge >= 0.3 is 0 Å². The molecular formula is C13H26ClN3O. The van der Waals surface area contributed by atoms with Crippen molar-refractivity contribution in [2.75, 3.05) is 39.8 Å². The predicted molar refractivity (Wildman–Crippen MR) is 76.1 cm³/mol. The lowest BCUT2D eigenvalue weighted by Gasteiger charge is -2.39. The van der Waals surface area contributed by atoms with E-state index in [1.807, 2.05) is 11.9 Å². The van der Waals surface area contributed by atoms with E-state index in [2.05, 4.69) is 17.1 Å². The molecule has 0 spiro atoms. The second-order valence-electron chi connectivity index (χ2n) is 5.38. The first-order chi connectivity index (χ1) is 8.22. The molecule has 2 rings (SSSR count). The molecular weight excluding hydrogens is 250 g/mol. The summed E-state index contributed by atoms with van der Waals surface area (Å²) in [5.41, 5.74) is 0. The van der Waals surface area contributed by atoms with Gasteiger partial charge in [0.25, 0.3) is 0 Å². The van der Waals surface area contributed by atoms with Gasteiger partial charge in [0.2, 0.25) is 5.91 Å². The van der Waals surface area contributed by atoms with Gasteiger partial charge in [0.05, 0.1) is 5.92 Å². The lowest BCUT2D eigenvalue weighted by molar-refractivity contribution is -0.138. The fourth-order valence-electron chi connectivity index (χ4n) is 2.78. The zero-order chi connectivity index (χ0) is 12.3. The van der Waals surface area contributed by atoms with Gasteiger partial charge in [-0.15, -0.1) is 12.4 Å². The Morgan fingerprint density at radius 2 is 1.94 bits per heavy atom. The van der Waals surface area contributed by atoms with Gasteiger partial charge in [-0.3, -0.25) is 4.79 Å². The molecule has 106 valence electrons. The highest BCUT2D eigenvalue weighted by Crippen LogP contribution is 2.18. The molecule has 1 N–H and O–H groups in total. The van der Waals surface area contributed by atoms with Crippen LogP contribution in [0.3, 0.4) is 0 Å². The zero-order valence-electron chi connectivity index (χ0n) is 11.5. The molecule has 0 aromatic carbocycles. The fourth-order valence-corrected chi connectivity index (χ4v) is 2.78. The molecule has 2 heterocycles. The average molecular weight is 276 g/mol. The van der Waals surface area contributed by atoms with Crippen LogP contribution in [0, 0.1) is 5.92 Å². The number of likely N-dealkylation sites (tertiary alicyclic amines) is 1. The second-order valence-corrected chi connectivity index (χ2v) is 5.38. The number of nitrogens with one attached hydrogen (secondary N) is 1. The Labute approximate surface area is 116 Å². The third kappa shape index (κ3) is 3.59. The van der Waals surface area contributed by atoms with Gasteiger partial charge in [-0.05, 0) is 25.8 Å². The number of amides is 1. The van der Waals surface area contributed by atoms with E-state index >= 15 is 0 Å². The molecule has 2 aliphatic rings. The Kier molecular flexibility index (Phi) is 6.39. The van der Waals surface area contributed by atoms with E-state index in [1.54, 1.807) is 0 Å². The number of rotatable bonds is 4. The Hall–Kier alpha value is -0.320. The summed E-state index contributed by atoms with van der Waals surface area (Å²) in [6.07, 6.45) is 3.51. The highest BCUT2D eigenvalue weighted by atomic mass is 35.5. The van der Waals surface area contributed by atoms with Crippen molar-refractivity contribution in [3.8, 4) is 0 Å². The Bertz CT molecular complexity index is 263. The van der Waals surface area contributed by atoms with Gasteiger partial charge in [0.1, 0.15) is 0 Å². The molecule has 0 aliphatic carbocycles. The summed E-state index contributed by atoms with van der Waals surface area (Å²) in [5, 5.41) is 3.17. The third-order valence-electron chi connectivity index (χ3n) is 4.12. The summed E-state index contributed by atoms with van der Waals surface area (Å²) in [6.45, 7) is 7.48. The number of carbonyl (C=O) groups excluding carboxylic acids is 1. The van der Waals surface area contributed by atoms with Crippen molar-refractivity contribution in [3.63, 3.8) is 0 Å². The lowest BCUT2D eigenvalue weighted by atomic mass is 9.98. The monoisotopic (exact) mass is 275 g/mol. The van der Waals surface area contributed by atoms with Crippen molar-refractivity contribution in [3.05, 3.63) is 0 Å². The van der Waals surface area contributed by atoms with Crippen LogP contribution in [0.1, 0.15) is 26.2 Å². The molecule has 2 fully saturated rings. The maximum absolute atomic E-state index is 12.1. The van der Waals surface area contributed by atoms with E-state index in [0.29, 0.717) is 11.9 Å². The van der Waals surface area contributed by atoms with E-state index in [0.717, 1.165) is 39.0 Å². The number of halogens is 1. The number of hydrogen-bond acceptors (Lipinski definition) is 3. The summed E-state index contributed by atoms with van der Waals surface area (Å²) in [6, 6.07) is 0.469. The standard InChI is InChI=1S/C13H25N3O.ClH/c1-3-6-16-7-4-12(5-8-16)15(2)13(17)11-9-14-10-11;/h11-12,14H,3-10H2,1-2H3;1H. The van der Waals surface area contributed by atoms with Crippen molar-refractivity contribution >= 4 is 18.3 Å². The van der Waals surface area contributed by atoms with Crippen LogP contribution in [0.2, 0.25) is 0 Å². The van der Waals surface area contributed by atoms with Crippen LogP contribution in [0.15, 0.2) is 0 Å². The van der Waals surface area contributed by atoms with Gasteiger partial charge in [-0.2, -0.15) is 0 Å². The van der Waals surface area contributed by atoms with E-state index in [1.165, 1.54) is 13.0 Å². The number of piperidine rings is 1. The largest absolute Gasteiger partial charge is 0.342 e. The highest BCUT2D eigenvalue weighted by Gasteiger charge is 2.32.